The van der Waals surface area contributed by atoms with Crippen LogP contribution in [0.3, 0.4) is 0 Å². The van der Waals surface area contributed by atoms with Crippen molar-refractivity contribution >= 4 is 17.8 Å². The maximum atomic E-state index is 12.8. The van der Waals surface area contributed by atoms with Crippen LogP contribution in [0.15, 0.2) is 24.3 Å². The normalized spacial score (nSPS) is 21.0. The fraction of sp³-hybridized carbons (Fsp3) is 0.571. The van der Waals surface area contributed by atoms with E-state index in [9.17, 15) is 19.5 Å². The number of carboxylic acids is 1. The number of carbonyl (C=O) groups excluding carboxylic acids is 2. The molecule has 2 aliphatic heterocycles. The third-order valence-electron chi connectivity index (χ3n) is 5.88. The molecule has 1 atom stereocenters. The van der Waals surface area contributed by atoms with E-state index >= 15 is 0 Å². The van der Waals surface area contributed by atoms with Crippen molar-refractivity contribution in [2.75, 3.05) is 26.2 Å². The summed E-state index contributed by atoms with van der Waals surface area (Å²) in [6, 6.07) is 6.44. The largest absolute Gasteiger partial charge is 0.494 e. The molecule has 3 rings (SSSR count). The molecule has 7 nitrogen and oxygen atoms in total. The number of likely N-dealkylation sites (tertiary alicyclic amines) is 2. The van der Waals surface area contributed by atoms with E-state index in [0.717, 1.165) is 12.2 Å². The van der Waals surface area contributed by atoms with Crippen molar-refractivity contribution in [2.24, 2.45) is 5.41 Å². The second-order valence-electron chi connectivity index (χ2n) is 7.87. The van der Waals surface area contributed by atoms with Gasteiger partial charge in [0.25, 0.3) is 5.91 Å². The van der Waals surface area contributed by atoms with Crippen LogP contribution in [-0.2, 0) is 9.59 Å². The zero-order valence-corrected chi connectivity index (χ0v) is 16.5. The van der Waals surface area contributed by atoms with E-state index in [-0.39, 0.29) is 17.2 Å². The summed E-state index contributed by atoms with van der Waals surface area (Å²) in [4.78, 5) is 39.4. The fourth-order valence-electron chi connectivity index (χ4n) is 4.25. The number of ether oxygens (including phenoxy) is 1. The average molecular weight is 388 g/mol. The van der Waals surface area contributed by atoms with Crippen LogP contribution in [-0.4, -0.2) is 65.0 Å². The Bertz CT molecular complexity index is 714. The molecule has 7 heteroatoms. The lowest BCUT2D eigenvalue weighted by molar-refractivity contribution is -0.147. The first-order valence-electron chi connectivity index (χ1n) is 9.87. The molecule has 0 bridgehead atoms. The molecule has 2 amide bonds. The van der Waals surface area contributed by atoms with Gasteiger partial charge in [0.2, 0.25) is 5.91 Å². The monoisotopic (exact) mass is 388 g/mol. The summed E-state index contributed by atoms with van der Waals surface area (Å²) < 4.78 is 5.55. The molecule has 2 fully saturated rings. The average Bonchev–Trinajstić information content (AvgIpc) is 3.07. The van der Waals surface area contributed by atoms with Gasteiger partial charge in [-0.05, 0) is 55.4 Å². The number of carboxylic acid groups (broad SMARTS) is 1. The Morgan fingerprint density at radius 3 is 2.32 bits per heavy atom. The van der Waals surface area contributed by atoms with Crippen LogP contribution in [0.4, 0.5) is 0 Å². The Hall–Kier alpha value is -2.57. The van der Waals surface area contributed by atoms with Gasteiger partial charge in [-0.25, -0.2) is 4.79 Å². The number of rotatable bonds is 5. The highest BCUT2D eigenvalue weighted by Crippen LogP contribution is 2.43. The van der Waals surface area contributed by atoms with Gasteiger partial charge in [-0.3, -0.25) is 9.59 Å². The highest BCUT2D eigenvalue weighted by atomic mass is 16.5. The first kappa shape index (κ1) is 20.2. The smallest absolute Gasteiger partial charge is 0.326 e. The summed E-state index contributed by atoms with van der Waals surface area (Å²) in [6.07, 6.45) is 2.82. The molecule has 2 saturated heterocycles. The lowest BCUT2D eigenvalue weighted by Gasteiger charge is -2.39. The Balaban J connectivity index is 1.61. The number of nitrogens with zero attached hydrogens (tertiary/aromatic N) is 2. The van der Waals surface area contributed by atoms with E-state index in [1.165, 1.54) is 11.8 Å². The Labute approximate surface area is 165 Å². The maximum Gasteiger partial charge on any atom is 0.326 e. The van der Waals surface area contributed by atoms with Crippen LogP contribution in [0, 0.1) is 5.41 Å². The lowest BCUT2D eigenvalue weighted by Crippen LogP contribution is -2.44. The van der Waals surface area contributed by atoms with Crippen molar-refractivity contribution in [3.8, 4) is 5.75 Å². The number of piperidine rings is 1. The van der Waals surface area contributed by atoms with E-state index < -0.39 is 12.0 Å². The Morgan fingerprint density at radius 2 is 1.82 bits per heavy atom. The van der Waals surface area contributed by atoms with Gasteiger partial charge in [-0.2, -0.15) is 0 Å². The Kier molecular flexibility index (Phi) is 5.91. The minimum absolute atomic E-state index is 0.0203. The summed E-state index contributed by atoms with van der Waals surface area (Å²) in [6.45, 7) is 5.72. The molecule has 152 valence electrons. The molecular weight excluding hydrogens is 360 g/mol. The summed E-state index contributed by atoms with van der Waals surface area (Å²) in [7, 11) is 0. The minimum atomic E-state index is -0.948. The highest BCUT2D eigenvalue weighted by molar-refractivity contribution is 5.94. The van der Waals surface area contributed by atoms with Crippen molar-refractivity contribution in [3.05, 3.63) is 29.8 Å². The predicted molar refractivity (Wildman–Crippen MR) is 103 cm³/mol. The summed E-state index contributed by atoms with van der Waals surface area (Å²) in [5, 5.41) is 9.44. The van der Waals surface area contributed by atoms with Gasteiger partial charge >= 0.3 is 5.97 Å². The number of benzene rings is 1. The van der Waals surface area contributed by atoms with E-state index in [4.69, 9.17) is 4.74 Å². The molecule has 0 aromatic heterocycles. The third kappa shape index (κ3) is 4.13. The van der Waals surface area contributed by atoms with Gasteiger partial charge < -0.3 is 19.6 Å². The van der Waals surface area contributed by atoms with Crippen molar-refractivity contribution in [3.63, 3.8) is 0 Å². The summed E-state index contributed by atoms with van der Waals surface area (Å²) >= 11 is 0. The quantitative estimate of drug-likeness (QED) is 0.837. The lowest BCUT2D eigenvalue weighted by atomic mass is 9.76. The Morgan fingerprint density at radius 1 is 1.18 bits per heavy atom. The van der Waals surface area contributed by atoms with Crippen molar-refractivity contribution in [2.45, 2.75) is 45.6 Å². The van der Waals surface area contributed by atoms with E-state index in [1.807, 2.05) is 24.0 Å². The van der Waals surface area contributed by atoms with Crippen LogP contribution in [0.25, 0.3) is 0 Å². The number of amides is 2. The van der Waals surface area contributed by atoms with Gasteiger partial charge in [0.15, 0.2) is 0 Å². The minimum Gasteiger partial charge on any atom is -0.494 e. The molecular formula is C21H28N2O5. The fourth-order valence-corrected chi connectivity index (χ4v) is 4.25. The molecule has 2 heterocycles. The molecule has 2 aliphatic rings. The molecule has 0 aliphatic carbocycles. The highest BCUT2D eigenvalue weighted by Gasteiger charge is 2.49. The molecule has 1 spiro atoms. The van der Waals surface area contributed by atoms with Gasteiger partial charge in [0, 0.05) is 32.1 Å². The van der Waals surface area contributed by atoms with Crippen LogP contribution in [0.1, 0.15) is 49.9 Å². The summed E-state index contributed by atoms with van der Waals surface area (Å²) in [5.41, 5.74) is 0.420. The standard InChI is InChI=1S/C21H28N2O5/c1-3-12-28-17-6-4-16(5-7-17)19(25)22-10-8-21(9-11-22)13-18(20(26)27)23(14-21)15(2)24/h4-7,18H,3,8-14H2,1-2H3,(H,26,27). The molecule has 1 aromatic carbocycles. The molecule has 1 unspecified atom stereocenters. The first-order chi connectivity index (χ1) is 13.3. The van der Waals surface area contributed by atoms with Crippen molar-refractivity contribution < 1.29 is 24.2 Å². The van der Waals surface area contributed by atoms with Crippen molar-refractivity contribution in [1.82, 2.24) is 9.80 Å². The van der Waals surface area contributed by atoms with Gasteiger partial charge in [0.1, 0.15) is 11.8 Å². The molecule has 0 radical (unpaired) electrons. The zero-order valence-electron chi connectivity index (χ0n) is 16.5. The molecule has 1 N–H and O–H groups in total. The van der Waals surface area contributed by atoms with E-state index in [2.05, 4.69) is 0 Å². The number of aliphatic carboxylic acids is 1. The second-order valence-corrected chi connectivity index (χ2v) is 7.87. The molecule has 28 heavy (non-hydrogen) atoms. The van der Waals surface area contributed by atoms with E-state index in [1.54, 1.807) is 12.1 Å². The number of hydrogen-bond donors (Lipinski definition) is 1. The van der Waals surface area contributed by atoms with Crippen LogP contribution >= 0.6 is 0 Å². The molecule has 1 aromatic rings. The number of carbonyl (C=O) groups is 3. The molecule has 0 saturated carbocycles. The third-order valence-corrected chi connectivity index (χ3v) is 5.88. The van der Waals surface area contributed by atoms with Crippen LogP contribution in [0.2, 0.25) is 0 Å². The topological polar surface area (TPSA) is 87.2 Å². The predicted octanol–water partition coefficient (Wildman–Crippen LogP) is 2.40. The van der Waals surface area contributed by atoms with Gasteiger partial charge in [-0.1, -0.05) is 6.92 Å². The first-order valence-corrected chi connectivity index (χ1v) is 9.87. The van der Waals surface area contributed by atoms with Crippen LogP contribution in [0.5, 0.6) is 5.75 Å². The summed E-state index contributed by atoms with van der Waals surface area (Å²) in [5.74, 6) is -0.414. The second kappa shape index (κ2) is 8.20. The zero-order chi connectivity index (χ0) is 20.3. The number of hydrogen-bond acceptors (Lipinski definition) is 4. The van der Waals surface area contributed by atoms with Crippen molar-refractivity contribution in [1.29, 1.82) is 0 Å². The van der Waals surface area contributed by atoms with Gasteiger partial charge in [0.05, 0.1) is 6.61 Å². The SMILES string of the molecule is CCCOc1ccc(C(=O)N2CCC3(CC2)CC(C(=O)O)N(C(C)=O)C3)cc1. The van der Waals surface area contributed by atoms with Crippen LogP contribution < -0.4 is 4.74 Å². The van der Waals surface area contributed by atoms with E-state index in [0.29, 0.717) is 51.1 Å². The maximum absolute atomic E-state index is 12.8. The van der Waals surface area contributed by atoms with Gasteiger partial charge in [-0.15, -0.1) is 0 Å².